The molecule has 1 aliphatic heterocycles. The molecule has 0 aromatic carbocycles. The number of alkyl halides is 2. The topological polar surface area (TPSA) is 55.4 Å². The van der Waals surface area contributed by atoms with Crippen molar-refractivity contribution in [2.24, 2.45) is 0 Å². The van der Waals surface area contributed by atoms with Crippen LogP contribution in [0.4, 0.5) is 8.78 Å². The maximum Gasteiger partial charge on any atom is 0.255 e. The average molecular weight is 395 g/mol. The van der Waals surface area contributed by atoms with E-state index in [1.807, 2.05) is 52.7 Å². The van der Waals surface area contributed by atoms with E-state index in [1.54, 1.807) is 6.07 Å². The summed E-state index contributed by atoms with van der Waals surface area (Å²) in [6.45, 7) is 2.08. The molecule has 4 aromatic rings. The molecule has 1 saturated heterocycles. The van der Waals surface area contributed by atoms with E-state index < -0.39 is 5.92 Å². The minimum absolute atomic E-state index is 0.0647. The SMILES string of the molecule is Cc1cn2cc(-n3ccc4cc(C(=O)N5CCC(F)(F)CC5)cnc43)ccc2n1. The van der Waals surface area contributed by atoms with Gasteiger partial charge in [-0.2, -0.15) is 0 Å². The normalized spacial score (nSPS) is 16.6. The van der Waals surface area contributed by atoms with Crippen LogP contribution in [-0.4, -0.2) is 48.8 Å². The van der Waals surface area contributed by atoms with E-state index >= 15 is 0 Å². The van der Waals surface area contributed by atoms with Gasteiger partial charge in [0.15, 0.2) is 0 Å². The third-order valence-electron chi connectivity index (χ3n) is 5.39. The molecule has 0 atom stereocenters. The largest absolute Gasteiger partial charge is 0.338 e. The van der Waals surface area contributed by atoms with Crippen molar-refractivity contribution in [3.63, 3.8) is 0 Å². The lowest BCUT2D eigenvalue weighted by Crippen LogP contribution is -2.42. The van der Waals surface area contributed by atoms with Crippen molar-refractivity contribution in [2.45, 2.75) is 25.7 Å². The molecule has 29 heavy (non-hydrogen) atoms. The van der Waals surface area contributed by atoms with Crippen molar-refractivity contribution in [1.82, 2.24) is 23.8 Å². The molecule has 5 rings (SSSR count). The van der Waals surface area contributed by atoms with Crippen molar-refractivity contribution in [3.8, 4) is 5.69 Å². The molecule has 0 aliphatic carbocycles. The van der Waals surface area contributed by atoms with Gasteiger partial charge in [-0.25, -0.2) is 18.7 Å². The van der Waals surface area contributed by atoms with Crippen LogP contribution in [0.1, 0.15) is 28.9 Å². The summed E-state index contributed by atoms with van der Waals surface area (Å²) in [4.78, 5) is 23.1. The van der Waals surface area contributed by atoms with Crippen LogP contribution in [0, 0.1) is 6.92 Å². The highest BCUT2D eigenvalue weighted by Gasteiger charge is 2.35. The number of fused-ring (bicyclic) bond motifs is 2. The van der Waals surface area contributed by atoms with Crippen molar-refractivity contribution < 1.29 is 13.6 Å². The molecule has 0 bridgehead atoms. The first-order chi connectivity index (χ1) is 13.9. The van der Waals surface area contributed by atoms with Gasteiger partial charge in [-0.15, -0.1) is 0 Å². The Hall–Kier alpha value is -3.29. The molecule has 0 saturated carbocycles. The second-order valence-corrected chi connectivity index (χ2v) is 7.51. The molecule has 1 aliphatic rings. The van der Waals surface area contributed by atoms with Crippen molar-refractivity contribution in [3.05, 3.63) is 60.3 Å². The van der Waals surface area contributed by atoms with Gasteiger partial charge in [-0.3, -0.25) is 9.36 Å². The monoisotopic (exact) mass is 395 g/mol. The number of likely N-dealkylation sites (tertiary alicyclic amines) is 1. The molecule has 8 heteroatoms. The van der Waals surface area contributed by atoms with Gasteiger partial charge in [0.2, 0.25) is 0 Å². The minimum Gasteiger partial charge on any atom is -0.338 e. The fourth-order valence-corrected chi connectivity index (χ4v) is 3.82. The van der Waals surface area contributed by atoms with Crippen LogP contribution in [0.2, 0.25) is 0 Å². The molecule has 4 aromatic heterocycles. The number of rotatable bonds is 2. The first kappa shape index (κ1) is 17.8. The van der Waals surface area contributed by atoms with Crippen LogP contribution in [-0.2, 0) is 0 Å². The zero-order valence-corrected chi connectivity index (χ0v) is 15.8. The lowest BCUT2D eigenvalue weighted by Gasteiger charge is -2.31. The zero-order valence-electron chi connectivity index (χ0n) is 15.8. The van der Waals surface area contributed by atoms with Gasteiger partial charge >= 0.3 is 0 Å². The Morgan fingerprint density at radius 2 is 1.93 bits per heavy atom. The molecule has 1 fully saturated rings. The highest BCUT2D eigenvalue weighted by molar-refractivity contribution is 5.97. The lowest BCUT2D eigenvalue weighted by molar-refractivity contribution is -0.0494. The fraction of sp³-hybridized carbons (Fsp3) is 0.286. The second kappa shape index (κ2) is 6.37. The number of nitrogens with zero attached hydrogens (tertiary/aromatic N) is 5. The third-order valence-corrected chi connectivity index (χ3v) is 5.39. The van der Waals surface area contributed by atoms with Crippen LogP contribution in [0.15, 0.2) is 49.1 Å². The van der Waals surface area contributed by atoms with Crippen molar-refractivity contribution in [1.29, 1.82) is 0 Å². The summed E-state index contributed by atoms with van der Waals surface area (Å²) < 4.78 is 30.6. The number of aromatic nitrogens is 4. The number of imidazole rings is 1. The molecule has 1 amide bonds. The van der Waals surface area contributed by atoms with E-state index in [0.29, 0.717) is 5.56 Å². The van der Waals surface area contributed by atoms with Gasteiger partial charge in [0.1, 0.15) is 11.3 Å². The van der Waals surface area contributed by atoms with Crippen LogP contribution < -0.4 is 0 Å². The molecule has 0 radical (unpaired) electrons. The molecule has 0 N–H and O–H groups in total. The number of aryl methyl sites for hydroxylation is 1. The Balaban J connectivity index is 1.45. The second-order valence-electron chi connectivity index (χ2n) is 7.51. The minimum atomic E-state index is -2.68. The average Bonchev–Trinajstić information content (AvgIpc) is 3.28. The van der Waals surface area contributed by atoms with E-state index in [-0.39, 0.29) is 31.8 Å². The standard InChI is InChI=1S/C21H19F2N5O/c1-14-12-27-13-17(2-3-18(27)25-14)28-7-4-15-10-16(11-24-19(15)28)20(29)26-8-5-21(22,23)6-9-26/h2-4,7,10-13H,5-6,8-9H2,1H3. The summed E-state index contributed by atoms with van der Waals surface area (Å²) in [5.41, 5.74) is 3.88. The highest BCUT2D eigenvalue weighted by Crippen LogP contribution is 2.29. The number of carbonyl (C=O) groups excluding carboxylic acids is 1. The Morgan fingerprint density at radius 3 is 2.72 bits per heavy atom. The van der Waals surface area contributed by atoms with E-state index in [0.717, 1.165) is 28.1 Å². The van der Waals surface area contributed by atoms with E-state index in [4.69, 9.17) is 0 Å². The van der Waals surface area contributed by atoms with Crippen LogP contribution >= 0.6 is 0 Å². The van der Waals surface area contributed by atoms with Gasteiger partial charge in [0.25, 0.3) is 11.8 Å². The summed E-state index contributed by atoms with van der Waals surface area (Å²) >= 11 is 0. The number of hydrogen-bond acceptors (Lipinski definition) is 3. The van der Waals surface area contributed by atoms with Gasteiger partial charge in [0.05, 0.1) is 16.9 Å². The summed E-state index contributed by atoms with van der Waals surface area (Å²) in [6.07, 6.45) is 6.77. The molecule has 0 unspecified atom stereocenters. The van der Waals surface area contributed by atoms with Crippen molar-refractivity contribution in [2.75, 3.05) is 13.1 Å². The molecule has 5 heterocycles. The Morgan fingerprint density at radius 1 is 1.14 bits per heavy atom. The maximum atomic E-state index is 13.4. The van der Waals surface area contributed by atoms with Crippen LogP contribution in [0.5, 0.6) is 0 Å². The molecular weight excluding hydrogens is 376 g/mol. The summed E-state index contributed by atoms with van der Waals surface area (Å²) in [7, 11) is 0. The summed E-state index contributed by atoms with van der Waals surface area (Å²) in [5, 5.41) is 0.820. The Labute approximate surface area is 165 Å². The molecular formula is C21H19F2N5O. The number of piperidine rings is 1. The predicted molar refractivity (Wildman–Crippen MR) is 105 cm³/mol. The number of carbonyl (C=O) groups is 1. The molecule has 148 valence electrons. The Kier molecular flexibility index (Phi) is 3.90. The predicted octanol–water partition coefficient (Wildman–Crippen LogP) is 3.85. The maximum absolute atomic E-state index is 13.4. The summed E-state index contributed by atoms with van der Waals surface area (Å²) in [6, 6.07) is 7.58. The fourth-order valence-electron chi connectivity index (χ4n) is 3.82. The van der Waals surface area contributed by atoms with E-state index in [1.165, 1.54) is 11.1 Å². The number of hydrogen-bond donors (Lipinski definition) is 0. The first-order valence-corrected chi connectivity index (χ1v) is 9.50. The van der Waals surface area contributed by atoms with E-state index in [2.05, 4.69) is 9.97 Å². The third kappa shape index (κ3) is 3.14. The van der Waals surface area contributed by atoms with Gasteiger partial charge < -0.3 is 9.30 Å². The van der Waals surface area contributed by atoms with Gasteiger partial charge in [0, 0.05) is 56.1 Å². The molecule has 6 nitrogen and oxygen atoms in total. The Bertz CT molecular complexity index is 1230. The quantitative estimate of drug-likeness (QED) is 0.518. The van der Waals surface area contributed by atoms with Crippen LogP contribution in [0.3, 0.4) is 0 Å². The van der Waals surface area contributed by atoms with Gasteiger partial charge in [-0.05, 0) is 31.2 Å². The van der Waals surface area contributed by atoms with E-state index in [9.17, 15) is 13.6 Å². The smallest absolute Gasteiger partial charge is 0.255 e. The lowest BCUT2D eigenvalue weighted by atomic mass is 10.1. The number of pyridine rings is 2. The highest BCUT2D eigenvalue weighted by atomic mass is 19.3. The van der Waals surface area contributed by atoms with Crippen LogP contribution in [0.25, 0.3) is 22.4 Å². The van der Waals surface area contributed by atoms with Gasteiger partial charge in [-0.1, -0.05) is 0 Å². The molecule has 0 spiro atoms. The number of halogens is 2. The number of amides is 1. The van der Waals surface area contributed by atoms with Crippen molar-refractivity contribution >= 4 is 22.6 Å². The first-order valence-electron chi connectivity index (χ1n) is 9.50. The zero-order chi connectivity index (χ0) is 20.2. The summed E-state index contributed by atoms with van der Waals surface area (Å²) in [5.74, 6) is -2.93.